The van der Waals surface area contributed by atoms with Crippen LogP contribution in [0, 0.1) is 0 Å². The molecule has 0 saturated heterocycles. The first-order valence-corrected chi connectivity index (χ1v) is 7.83. The number of aromatic nitrogens is 2. The zero-order valence-corrected chi connectivity index (χ0v) is 12.9. The average molecular weight is 320 g/mol. The van der Waals surface area contributed by atoms with Crippen molar-refractivity contribution in [2.75, 3.05) is 13.1 Å². The number of aromatic carboxylic acids is 1. The maximum absolute atomic E-state index is 11.4. The molecule has 0 bridgehead atoms. The molecular weight excluding hydrogens is 304 g/mol. The van der Waals surface area contributed by atoms with Gasteiger partial charge >= 0.3 is 5.97 Å². The van der Waals surface area contributed by atoms with Gasteiger partial charge in [0.05, 0.1) is 16.6 Å². The number of amidine groups is 1. The molecule has 0 aliphatic carbocycles. The number of nitrogens with one attached hydrogen (secondary N) is 2. The predicted octanol–water partition coefficient (Wildman–Crippen LogP) is 2.67. The normalized spacial score (nSPS) is 14.2. The number of H-pyrrole nitrogens is 1. The summed E-state index contributed by atoms with van der Waals surface area (Å²) < 4.78 is 0. The Bertz CT molecular complexity index is 959. The number of benzene rings is 2. The Morgan fingerprint density at radius 1 is 1.17 bits per heavy atom. The number of imidazole rings is 1. The van der Waals surface area contributed by atoms with E-state index in [0.29, 0.717) is 11.4 Å². The summed E-state index contributed by atoms with van der Waals surface area (Å²) in [5.74, 6) is 0.483. The van der Waals surface area contributed by atoms with Gasteiger partial charge in [0, 0.05) is 24.2 Å². The Morgan fingerprint density at radius 2 is 2.04 bits per heavy atom. The van der Waals surface area contributed by atoms with Crippen LogP contribution in [0.3, 0.4) is 0 Å². The second kappa shape index (κ2) is 5.81. The molecule has 0 spiro atoms. The minimum absolute atomic E-state index is 0.232. The number of aromatic amines is 1. The Morgan fingerprint density at radius 3 is 2.83 bits per heavy atom. The molecule has 4 rings (SSSR count). The first-order valence-electron chi connectivity index (χ1n) is 7.83. The number of carbonyl (C=O) groups is 1. The number of fused-ring (bicyclic) bond motifs is 1. The van der Waals surface area contributed by atoms with Gasteiger partial charge in [0.2, 0.25) is 0 Å². The zero-order valence-electron chi connectivity index (χ0n) is 12.9. The molecule has 6 heteroatoms. The highest BCUT2D eigenvalue weighted by molar-refractivity contribution is 6.02. The van der Waals surface area contributed by atoms with E-state index in [2.05, 4.69) is 20.3 Å². The van der Waals surface area contributed by atoms with Crippen LogP contribution in [-0.4, -0.2) is 40.0 Å². The fraction of sp³-hybridized carbons (Fsp3) is 0.167. The molecule has 2 aromatic carbocycles. The molecule has 0 atom stereocenters. The number of carboxylic acids is 1. The second-order valence-electron chi connectivity index (χ2n) is 5.68. The summed E-state index contributed by atoms with van der Waals surface area (Å²) in [6.45, 7) is 1.76. The van der Waals surface area contributed by atoms with Crippen molar-refractivity contribution < 1.29 is 9.90 Å². The highest BCUT2D eigenvalue weighted by atomic mass is 16.4. The molecule has 1 aromatic heterocycles. The van der Waals surface area contributed by atoms with Crippen LogP contribution in [0.25, 0.3) is 22.4 Å². The molecule has 3 aromatic rings. The minimum Gasteiger partial charge on any atom is -0.478 e. The van der Waals surface area contributed by atoms with Crippen molar-refractivity contribution >= 4 is 22.8 Å². The molecular formula is C18H16N4O2. The van der Waals surface area contributed by atoms with Crippen molar-refractivity contribution in [3.63, 3.8) is 0 Å². The lowest BCUT2D eigenvalue weighted by molar-refractivity contribution is 0.0697. The van der Waals surface area contributed by atoms with Gasteiger partial charge in [0.15, 0.2) is 0 Å². The molecule has 2 heterocycles. The van der Waals surface area contributed by atoms with Crippen LogP contribution in [0.15, 0.2) is 47.5 Å². The third-order valence-electron chi connectivity index (χ3n) is 4.07. The quantitative estimate of drug-likeness (QED) is 0.692. The first kappa shape index (κ1) is 14.4. The second-order valence-corrected chi connectivity index (χ2v) is 5.68. The van der Waals surface area contributed by atoms with E-state index >= 15 is 0 Å². The van der Waals surface area contributed by atoms with Crippen molar-refractivity contribution in [1.29, 1.82) is 0 Å². The van der Waals surface area contributed by atoms with Crippen LogP contribution in [0.4, 0.5) is 0 Å². The van der Waals surface area contributed by atoms with E-state index in [9.17, 15) is 9.90 Å². The van der Waals surface area contributed by atoms with Crippen molar-refractivity contribution in [1.82, 2.24) is 15.3 Å². The van der Waals surface area contributed by atoms with E-state index in [1.54, 1.807) is 24.3 Å². The van der Waals surface area contributed by atoms with Gasteiger partial charge in [-0.3, -0.25) is 4.99 Å². The third kappa shape index (κ3) is 2.52. The molecule has 0 fully saturated rings. The molecule has 120 valence electrons. The Kier molecular flexibility index (Phi) is 3.49. The maximum atomic E-state index is 11.4. The van der Waals surface area contributed by atoms with E-state index in [1.165, 1.54) is 0 Å². The zero-order chi connectivity index (χ0) is 16.5. The molecule has 1 aliphatic heterocycles. The average Bonchev–Trinajstić information content (AvgIpc) is 3.05. The van der Waals surface area contributed by atoms with E-state index in [-0.39, 0.29) is 5.56 Å². The van der Waals surface area contributed by atoms with E-state index in [4.69, 9.17) is 0 Å². The molecule has 0 unspecified atom stereocenters. The molecule has 6 nitrogen and oxygen atoms in total. The van der Waals surface area contributed by atoms with Crippen LogP contribution in [0.1, 0.15) is 22.3 Å². The van der Waals surface area contributed by atoms with Gasteiger partial charge in [-0.05, 0) is 30.7 Å². The Hall–Kier alpha value is -3.15. The van der Waals surface area contributed by atoms with Gasteiger partial charge in [0.1, 0.15) is 11.7 Å². The third-order valence-corrected chi connectivity index (χ3v) is 4.07. The lowest BCUT2D eigenvalue weighted by Crippen LogP contribution is -2.30. The highest BCUT2D eigenvalue weighted by Gasteiger charge is 2.15. The minimum atomic E-state index is -0.965. The van der Waals surface area contributed by atoms with Crippen LogP contribution in [0.5, 0.6) is 0 Å². The van der Waals surface area contributed by atoms with Crippen molar-refractivity contribution in [2.45, 2.75) is 6.42 Å². The summed E-state index contributed by atoms with van der Waals surface area (Å²) >= 11 is 0. The van der Waals surface area contributed by atoms with E-state index in [1.807, 2.05) is 18.2 Å². The fourth-order valence-corrected chi connectivity index (χ4v) is 2.89. The SMILES string of the molecule is O=C(O)c1ccccc1-c1nc2ccc(C3=NCCCN3)cc2[nH]1. The summed E-state index contributed by atoms with van der Waals surface area (Å²) in [4.78, 5) is 23.7. The van der Waals surface area contributed by atoms with Gasteiger partial charge in [-0.15, -0.1) is 0 Å². The highest BCUT2D eigenvalue weighted by Crippen LogP contribution is 2.24. The predicted molar refractivity (Wildman–Crippen MR) is 92.5 cm³/mol. The fourth-order valence-electron chi connectivity index (χ4n) is 2.89. The first-order chi connectivity index (χ1) is 11.7. The molecule has 0 amide bonds. The number of rotatable bonds is 3. The lowest BCUT2D eigenvalue weighted by Gasteiger charge is -2.14. The largest absolute Gasteiger partial charge is 0.478 e. The number of carboxylic acid groups (broad SMARTS) is 1. The summed E-state index contributed by atoms with van der Waals surface area (Å²) in [6, 6.07) is 12.7. The molecule has 1 aliphatic rings. The number of nitrogens with zero attached hydrogens (tertiary/aromatic N) is 2. The van der Waals surface area contributed by atoms with Gasteiger partial charge in [-0.1, -0.05) is 18.2 Å². The smallest absolute Gasteiger partial charge is 0.336 e. The van der Waals surface area contributed by atoms with Crippen molar-refractivity contribution in [3.05, 3.63) is 53.6 Å². The van der Waals surface area contributed by atoms with Crippen LogP contribution >= 0.6 is 0 Å². The van der Waals surface area contributed by atoms with E-state index in [0.717, 1.165) is 41.9 Å². The standard InChI is InChI=1S/C18H16N4O2/c23-18(24)13-5-2-1-4-12(13)17-21-14-7-6-11(10-15(14)22-17)16-19-8-3-9-20-16/h1-2,4-7,10H,3,8-9H2,(H,19,20)(H,21,22)(H,23,24). The number of aliphatic imine (C=N–C) groups is 1. The summed E-state index contributed by atoms with van der Waals surface area (Å²) in [7, 11) is 0. The molecule has 3 N–H and O–H groups in total. The summed E-state index contributed by atoms with van der Waals surface area (Å²) in [5, 5.41) is 12.7. The lowest BCUT2D eigenvalue weighted by atomic mass is 10.1. The summed E-state index contributed by atoms with van der Waals surface area (Å²) in [6.07, 6.45) is 1.05. The van der Waals surface area contributed by atoms with Crippen molar-refractivity contribution in [3.8, 4) is 11.4 Å². The van der Waals surface area contributed by atoms with Gasteiger partial charge < -0.3 is 15.4 Å². The van der Waals surface area contributed by atoms with Gasteiger partial charge in [-0.25, -0.2) is 9.78 Å². The van der Waals surface area contributed by atoms with Crippen molar-refractivity contribution in [2.24, 2.45) is 4.99 Å². The summed E-state index contributed by atoms with van der Waals surface area (Å²) in [5.41, 5.74) is 3.47. The maximum Gasteiger partial charge on any atom is 0.336 e. The molecule has 0 radical (unpaired) electrons. The van der Waals surface area contributed by atoms with Crippen LogP contribution < -0.4 is 5.32 Å². The van der Waals surface area contributed by atoms with E-state index < -0.39 is 5.97 Å². The Labute approximate surface area is 138 Å². The molecule has 0 saturated carbocycles. The number of hydrogen-bond donors (Lipinski definition) is 3. The number of hydrogen-bond acceptors (Lipinski definition) is 4. The van der Waals surface area contributed by atoms with Gasteiger partial charge in [-0.2, -0.15) is 0 Å². The topological polar surface area (TPSA) is 90.4 Å². The monoisotopic (exact) mass is 320 g/mol. The molecule has 24 heavy (non-hydrogen) atoms. The van der Waals surface area contributed by atoms with Gasteiger partial charge in [0.25, 0.3) is 0 Å². The van der Waals surface area contributed by atoms with Crippen LogP contribution in [-0.2, 0) is 0 Å². The Balaban J connectivity index is 1.79. The van der Waals surface area contributed by atoms with Crippen LogP contribution in [0.2, 0.25) is 0 Å².